The molecule has 1 aliphatic heterocycles. The molecule has 1 N–H and O–H groups in total. The number of ether oxygens (including phenoxy) is 1. The van der Waals surface area contributed by atoms with Crippen molar-refractivity contribution in [1.82, 2.24) is 0 Å². The molecule has 0 bridgehead atoms. The Morgan fingerprint density at radius 2 is 2.09 bits per heavy atom. The molecular weight excluding hydrogens is 144 g/mol. The van der Waals surface area contributed by atoms with Crippen molar-refractivity contribution in [3.8, 4) is 0 Å². The van der Waals surface area contributed by atoms with Crippen molar-refractivity contribution in [3.63, 3.8) is 0 Å². The van der Waals surface area contributed by atoms with E-state index in [1.807, 2.05) is 20.8 Å². The van der Waals surface area contributed by atoms with Crippen LogP contribution in [0.15, 0.2) is 0 Å². The lowest BCUT2D eigenvalue weighted by Gasteiger charge is -2.26. The molecule has 0 radical (unpaired) electrons. The molecular formula is C8H14O3. The summed E-state index contributed by atoms with van der Waals surface area (Å²) in [7, 11) is 0. The van der Waals surface area contributed by atoms with Gasteiger partial charge in [0, 0.05) is 5.92 Å². The SMILES string of the molecule is CC(C)(C)C1CC(=O)OC1O. The molecule has 2 unspecified atom stereocenters. The topological polar surface area (TPSA) is 46.5 Å². The molecule has 0 aromatic heterocycles. The van der Waals surface area contributed by atoms with Gasteiger partial charge >= 0.3 is 5.97 Å². The van der Waals surface area contributed by atoms with Crippen molar-refractivity contribution < 1.29 is 14.6 Å². The zero-order chi connectivity index (χ0) is 8.65. The fourth-order valence-corrected chi connectivity index (χ4v) is 1.28. The van der Waals surface area contributed by atoms with Crippen LogP contribution in [0.25, 0.3) is 0 Å². The molecule has 0 aromatic carbocycles. The molecule has 3 nitrogen and oxygen atoms in total. The van der Waals surface area contributed by atoms with Crippen LogP contribution in [0, 0.1) is 11.3 Å². The third-order valence-corrected chi connectivity index (χ3v) is 2.10. The Morgan fingerprint density at radius 1 is 1.55 bits per heavy atom. The lowest BCUT2D eigenvalue weighted by Crippen LogP contribution is -2.27. The molecule has 0 amide bonds. The van der Waals surface area contributed by atoms with Crippen LogP contribution in [0.1, 0.15) is 27.2 Å². The number of rotatable bonds is 0. The molecule has 0 aliphatic carbocycles. The maximum Gasteiger partial charge on any atom is 0.308 e. The molecule has 0 spiro atoms. The van der Waals surface area contributed by atoms with E-state index in [9.17, 15) is 9.90 Å². The Kier molecular flexibility index (Phi) is 1.92. The minimum atomic E-state index is -0.900. The molecule has 1 heterocycles. The highest BCUT2D eigenvalue weighted by molar-refractivity contribution is 5.71. The maximum absolute atomic E-state index is 10.7. The molecule has 0 saturated carbocycles. The van der Waals surface area contributed by atoms with Crippen LogP contribution in [0.4, 0.5) is 0 Å². The van der Waals surface area contributed by atoms with Gasteiger partial charge in [-0.05, 0) is 5.41 Å². The first kappa shape index (κ1) is 8.53. The lowest BCUT2D eigenvalue weighted by molar-refractivity contribution is -0.158. The van der Waals surface area contributed by atoms with Gasteiger partial charge in [0.05, 0.1) is 6.42 Å². The van der Waals surface area contributed by atoms with Gasteiger partial charge in [-0.25, -0.2) is 0 Å². The van der Waals surface area contributed by atoms with Crippen molar-refractivity contribution in [2.75, 3.05) is 0 Å². The van der Waals surface area contributed by atoms with Crippen molar-refractivity contribution >= 4 is 5.97 Å². The monoisotopic (exact) mass is 158 g/mol. The van der Waals surface area contributed by atoms with Crippen molar-refractivity contribution in [2.24, 2.45) is 11.3 Å². The minimum Gasteiger partial charge on any atom is -0.436 e. The van der Waals surface area contributed by atoms with Crippen LogP contribution < -0.4 is 0 Å². The van der Waals surface area contributed by atoms with Gasteiger partial charge in [0.25, 0.3) is 0 Å². The quantitative estimate of drug-likeness (QED) is 0.533. The third kappa shape index (κ3) is 1.71. The number of cyclic esters (lactones) is 1. The predicted octanol–water partition coefficient (Wildman–Crippen LogP) is 0.914. The van der Waals surface area contributed by atoms with E-state index >= 15 is 0 Å². The van der Waals surface area contributed by atoms with Crippen molar-refractivity contribution in [1.29, 1.82) is 0 Å². The molecule has 1 aliphatic rings. The number of hydrogen-bond acceptors (Lipinski definition) is 3. The average Bonchev–Trinajstić information content (AvgIpc) is 2.08. The van der Waals surface area contributed by atoms with Gasteiger partial charge in [0.2, 0.25) is 6.29 Å². The summed E-state index contributed by atoms with van der Waals surface area (Å²) in [6.45, 7) is 5.97. The predicted molar refractivity (Wildman–Crippen MR) is 39.7 cm³/mol. The lowest BCUT2D eigenvalue weighted by atomic mass is 9.79. The highest BCUT2D eigenvalue weighted by Gasteiger charge is 2.40. The Bertz CT molecular complexity index is 169. The van der Waals surface area contributed by atoms with E-state index < -0.39 is 6.29 Å². The Balaban J connectivity index is 2.67. The van der Waals surface area contributed by atoms with E-state index in [0.717, 1.165) is 0 Å². The zero-order valence-corrected chi connectivity index (χ0v) is 7.13. The minimum absolute atomic E-state index is 0.0602. The molecule has 64 valence electrons. The van der Waals surface area contributed by atoms with Gasteiger partial charge in [-0.3, -0.25) is 4.79 Å². The second kappa shape index (κ2) is 2.48. The highest BCUT2D eigenvalue weighted by atomic mass is 16.6. The summed E-state index contributed by atoms with van der Waals surface area (Å²) in [5.41, 5.74) is -0.0639. The van der Waals surface area contributed by atoms with Crippen LogP contribution in [-0.2, 0) is 9.53 Å². The van der Waals surface area contributed by atoms with Gasteiger partial charge in [0.1, 0.15) is 0 Å². The summed E-state index contributed by atoms with van der Waals surface area (Å²) in [5.74, 6) is -0.354. The smallest absolute Gasteiger partial charge is 0.308 e. The number of aliphatic hydroxyl groups excluding tert-OH is 1. The molecule has 1 saturated heterocycles. The fraction of sp³-hybridized carbons (Fsp3) is 0.875. The fourth-order valence-electron chi connectivity index (χ4n) is 1.28. The first-order valence-corrected chi connectivity index (χ1v) is 3.79. The van der Waals surface area contributed by atoms with E-state index in [1.165, 1.54) is 0 Å². The van der Waals surface area contributed by atoms with Crippen LogP contribution in [0.5, 0.6) is 0 Å². The Hall–Kier alpha value is -0.570. The van der Waals surface area contributed by atoms with Gasteiger partial charge in [-0.2, -0.15) is 0 Å². The summed E-state index contributed by atoms with van der Waals surface area (Å²) in [6, 6.07) is 0. The summed E-state index contributed by atoms with van der Waals surface area (Å²) in [5, 5.41) is 9.25. The molecule has 2 atom stereocenters. The highest BCUT2D eigenvalue weighted by Crippen LogP contribution is 2.36. The van der Waals surface area contributed by atoms with Crippen LogP contribution in [0.2, 0.25) is 0 Å². The molecule has 11 heavy (non-hydrogen) atoms. The van der Waals surface area contributed by atoms with E-state index in [-0.39, 0.29) is 17.3 Å². The maximum atomic E-state index is 10.7. The van der Waals surface area contributed by atoms with Gasteiger partial charge < -0.3 is 9.84 Å². The second-order valence-corrected chi connectivity index (χ2v) is 4.06. The summed E-state index contributed by atoms with van der Waals surface area (Å²) >= 11 is 0. The van der Waals surface area contributed by atoms with Gasteiger partial charge in [0.15, 0.2) is 0 Å². The summed E-state index contributed by atoms with van der Waals surface area (Å²) in [4.78, 5) is 10.7. The normalized spacial score (nSPS) is 32.2. The second-order valence-electron chi connectivity index (χ2n) is 4.06. The molecule has 3 heteroatoms. The first-order chi connectivity index (χ1) is 4.91. The van der Waals surface area contributed by atoms with E-state index in [1.54, 1.807) is 0 Å². The number of aliphatic hydroxyl groups is 1. The largest absolute Gasteiger partial charge is 0.436 e. The number of esters is 1. The van der Waals surface area contributed by atoms with E-state index in [0.29, 0.717) is 6.42 Å². The standard InChI is InChI=1S/C8H14O3/c1-8(2,3)5-4-6(9)11-7(5)10/h5,7,10H,4H2,1-3H3. The third-order valence-electron chi connectivity index (χ3n) is 2.10. The molecule has 0 aromatic rings. The van der Waals surface area contributed by atoms with Gasteiger partial charge in [-0.1, -0.05) is 20.8 Å². The summed E-state index contributed by atoms with van der Waals surface area (Å²) < 4.78 is 4.62. The van der Waals surface area contributed by atoms with E-state index in [2.05, 4.69) is 4.74 Å². The number of hydrogen-bond donors (Lipinski definition) is 1. The van der Waals surface area contributed by atoms with Crippen LogP contribution in [-0.4, -0.2) is 17.4 Å². The first-order valence-electron chi connectivity index (χ1n) is 3.79. The molecule has 1 rings (SSSR count). The number of carbonyl (C=O) groups is 1. The van der Waals surface area contributed by atoms with Gasteiger partial charge in [-0.15, -0.1) is 0 Å². The summed E-state index contributed by atoms with van der Waals surface area (Å²) in [6.07, 6.45) is -0.563. The van der Waals surface area contributed by atoms with Crippen LogP contribution in [0.3, 0.4) is 0 Å². The Labute approximate surface area is 66.4 Å². The average molecular weight is 158 g/mol. The van der Waals surface area contributed by atoms with Crippen LogP contribution >= 0.6 is 0 Å². The Morgan fingerprint density at radius 3 is 2.27 bits per heavy atom. The molecule has 1 fully saturated rings. The van der Waals surface area contributed by atoms with Crippen molar-refractivity contribution in [2.45, 2.75) is 33.5 Å². The zero-order valence-electron chi connectivity index (χ0n) is 7.13. The number of carbonyl (C=O) groups excluding carboxylic acids is 1. The van der Waals surface area contributed by atoms with Crippen molar-refractivity contribution in [3.05, 3.63) is 0 Å². The van der Waals surface area contributed by atoms with E-state index in [4.69, 9.17) is 0 Å².